The third-order valence-electron chi connectivity index (χ3n) is 2.98. The summed E-state index contributed by atoms with van der Waals surface area (Å²) in [5.41, 5.74) is 6.52. The topological polar surface area (TPSA) is 100.0 Å². The van der Waals surface area contributed by atoms with E-state index in [0.29, 0.717) is 28.4 Å². The quantitative estimate of drug-likeness (QED) is 0.713. The summed E-state index contributed by atoms with van der Waals surface area (Å²) < 4.78 is 11.0. The van der Waals surface area contributed by atoms with Crippen molar-refractivity contribution in [3.05, 3.63) is 42.2 Å². The molecule has 0 aliphatic carbocycles. The van der Waals surface area contributed by atoms with Crippen molar-refractivity contribution >= 4 is 17.7 Å². The molecule has 23 heavy (non-hydrogen) atoms. The van der Waals surface area contributed by atoms with Gasteiger partial charge in [0, 0.05) is 5.56 Å². The molecule has 2 heterocycles. The molecule has 0 unspecified atom stereocenters. The van der Waals surface area contributed by atoms with Crippen molar-refractivity contribution in [2.45, 2.75) is 17.8 Å². The largest absolute Gasteiger partial charge is 0.497 e. The maximum atomic E-state index is 5.76. The molecule has 0 spiro atoms. The van der Waals surface area contributed by atoms with Gasteiger partial charge in [-0.2, -0.15) is 9.97 Å². The lowest BCUT2D eigenvalue weighted by Crippen LogP contribution is -2.01. The first kappa shape index (κ1) is 15.3. The van der Waals surface area contributed by atoms with E-state index in [-0.39, 0.29) is 5.95 Å². The molecule has 7 nitrogen and oxygen atoms in total. The van der Waals surface area contributed by atoms with Crippen LogP contribution in [0, 0.1) is 6.92 Å². The second kappa shape index (κ2) is 6.66. The predicted octanol–water partition coefficient (Wildman–Crippen LogP) is 2.72. The number of nitrogen functional groups attached to an aromatic ring is 1. The number of anilines is 1. The molecule has 0 aliphatic rings. The Morgan fingerprint density at radius 3 is 2.91 bits per heavy atom. The number of hydrogen-bond donors (Lipinski definition) is 1. The average Bonchev–Trinajstić information content (AvgIpc) is 3.01. The molecule has 3 rings (SSSR count). The van der Waals surface area contributed by atoms with Gasteiger partial charge in [0.1, 0.15) is 11.6 Å². The highest BCUT2D eigenvalue weighted by Crippen LogP contribution is 2.26. The number of benzene rings is 1. The van der Waals surface area contributed by atoms with E-state index in [0.717, 1.165) is 11.3 Å². The van der Waals surface area contributed by atoms with Gasteiger partial charge >= 0.3 is 0 Å². The number of thioether (sulfide) groups is 1. The Labute approximate surface area is 137 Å². The summed E-state index contributed by atoms with van der Waals surface area (Å²) in [6.45, 7) is 1.77. The van der Waals surface area contributed by atoms with Crippen LogP contribution in [0.2, 0.25) is 0 Å². The van der Waals surface area contributed by atoms with Crippen LogP contribution in [0.3, 0.4) is 0 Å². The lowest BCUT2D eigenvalue weighted by Gasteiger charge is -2.01. The van der Waals surface area contributed by atoms with E-state index in [4.69, 9.17) is 14.9 Å². The second-order valence-corrected chi connectivity index (χ2v) is 5.60. The molecule has 8 heteroatoms. The van der Waals surface area contributed by atoms with Crippen LogP contribution in [0.4, 0.5) is 5.95 Å². The molecular weight excluding hydrogens is 314 g/mol. The number of aryl methyl sites for hydroxylation is 1. The van der Waals surface area contributed by atoms with Crippen molar-refractivity contribution in [2.75, 3.05) is 12.8 Å². The molecule has 0 aliphatic heterocycles. The van der Waals surface area contributed by atoms with Crippen LogP contribution in [-0.2, 0) is 5.75 Å². The molecule has 118 valence electrons. The van der Waals surface area contributed by atoms with E-state index in [1.165, 1.54) is 11.8 Å². The Balaban J connectivity index is 1.71. The molecule has 0 amide bonds. The molecule has 0 fully saturated rings. The number of nitrogens with zero attached hydrogens (tertiary/aromatic N) is 4. The molecule has 0 atom stereocenters. The Kier molecular flexibility index (Phi) is 4.42. The summed E-state index contributed by atoms with van der Waals surface area (Å²) in [5.74, 6) is 3.35. The summed E-state index contributed by atoms with van der Waals surface area (Å²) in [5, 5.41) is 0.552. The summed E-state index contributed by atoms with van der Waals surface area (Å²) in [4.78, 5) is 16.5. The van der Waals surface area contributed by atoms with E-state index < -0.39 is 0 Å². The highest BCUT2D eigenvalue weighted by Gasteiger charge is 2.09. The van der Waals surface area contributed by atoms with E-state index in [9.17, 15) is 0 Å². The van der Waals surface area contributed by atoms with E-state index >= 15 is 0 Å². The predicted molar refractivity (Wildman–Crippen MR) is 87.0 cm³/mol. The number of hydrogen-bond acceptors (Lipinski definition) is 8. The first-order chi connectivity index (χ1) is 11.1. The van der Waals surface area contributed by atoms with Gasteiger partial charge in [-0.05, 0) is 19.1 Å². The Bertz CT molecular complexity index is 801. The second-order valence-electron chi connectivity index (χ2n) is 4.66. The normalized spacial score (nSPS) is 10.7. The maximum Gasteiger partial charge on any atom is 0.224 e. The highest BCUT2D eigenvalue weighted by molar-refractivity contribution is 7.98. The first-order valence-corrected chi connectivity index (χ1v) is 7.82. The zero-order chi connectivity index (χ0) is 16.2. The molecule has 2 aromatic heterocycles. The molecular formula is C15H15N5O2S. The van der Waals surface area contributed by atoms with E-state index in [1.807, 2.05) is 24.3 Å². The Morgan fingerprint density at radius 2 is 2.13 bits per heavy atom. The van der Waals surface area contributed by atoms with Crippen LogP contribution in [0.5, 0.6) is 5.75 Å². The van der Waals surface area contributed by atoms with Gasteiger partial charge in [-0.1, -0.05) is 23.9 Å². The summed E-state index contributed by atoms with van der Waals surface area (Å²) >= 11 is 1.39. The molecule has 1 aromatic carbocycles. The minimum absolute atomic E-state index is 0.212. The van der Waals surface area contributed by atoms with Crippen molar-refractivity contribution in [1.82, 2.24) is 19.9 Å². The van der Waals surface area contributed by atoms with Gasteiger partial charge in [0.15, 0.2) is 10.9 Å². The number of rotatable bonds is 5. The number of oxazole rings is 1. The summed E-state index contributed by atoms with van der Waals surface area (Å²) in [6, 6.07) is 7.62. The van der Waals surface area contributed by atoms with Crippen molar-refractivity contribution in [2.24, 2.45) is 0 Å². The van der Waals surface area contributed by atoms with Crippen LogP contribution >= 0.6 is 11.8 Å². The zero-order valence-electron chi connectivity index (χ0n) is 12.7. The lowest BCUT2D eigenvalue weighted by atomic mass is 10.2. The number of methoxy groups -OCH3 is 1. The SMILES string of the molecule is COc1cccc(-c2cnc(CSc3nc(C)nc(N)n3)o2)c1. The molecule has 0 saturated carbocycles. The third-order valence-corrected chi connectivity index (χ3v) is 3.81. The van der Waals surface area contributed by atoms with Crippen LogP contribution in [0.1, 0.15) is 11.7 Å². The molecule has 0 bridgehead atoms. The van der Waals surface area contributed by atoms with Gasteiger partial charge in [0.05, 0.1) is 19.1 Å². The number of ether oxygens (including phenoxy) is 1. The maximum absolute atomic E-state index is 5.76. The van der Waals surface area contributed by atoms with Crippen LogP contribution < -0.4 is 10.5 Å². The number of nitrogens with two attached hydrogens (primary N) is 1. The fraction of sp³-hybridized carbons (Fsp3) is 0.200. The molecule has 3 aromatic rings. The van der Waals surface area contributed by atoms with Crippen LogP contribution in [0.25, 0.3) is 11.3 Å². The molecule has 2 N–H and O–H groups in total. The summed E-state index contributed by atoms with van der Waals surface area (Å²) in [6.07, 6.45) is 1.69. The minimum atomic E-state index is 0.212. The first-order valence-electron chi connectivity index (χ1n) is 6.84. The van der Waals surface area contributed by atoms with Gasteiger partial charge in [0.2, 0.25) is 11.8 Å². The van der Waals surface area contributed by atoms with E-state index in [1.54, 1.807) is 20.2 Å². The average molecular weight is 329 g/mol. The minimum Gasteiger partial charge on any atom is -0.497 e. The van der Waals surface area contributed by atoms with Crippen LogP contribution in [-0.4, -0.2) is 27.0 Å². The van der Waals surface area contributed by atoms with Gasteiger partial charge in [-0.15, -0.1) is 0 Å². The Morgan fingerprint density at radius 1 is 1.26 bits per heavy atom. The van der Waals surface area contributed by atoms with Gasteiger partial charge in [-0.3, -0.25) is 0 Å². The monoisotopic (exact) mass is 329 g/mol. The fourth-order valence-electron chi connectivity index (χ4n) is 1.95. The highest BCUT2D eigenvalue weighted by atomic mass is 32.2. The summed E-state index contributed by atoms with van der Waals surface area (Å²) in [7, 11) is 1.63. The van der Waals surface area contributed by atoms with Crippen molar-refractivity contribution in [1.29, 1.82) is 0 Å². The van der Waals surface area contributed by atoms with E-state index in [2.05, 4.69) is 19.9 Å². The molecule has 0 saturated heterocycles. The fourth-order valence-corrected chi connectivity index (χ4v) is 2.70. The van der Waals surface area contributed by atoms with Crippen LogP contribution in [0.15, 0.2) is 40.0 Å². The standard InChI is InChI=1S/C15H15N5O2S/c1-9-18-14(16)20-15(19-9)23-8-13-17-7-12(22-13)10-4-3-5-11(6-10)21-2/h3-7H,8H2,1-2H3,(H2,16,18,19,20). The van der Waals surface area contributed by atoms with Gasteiger partial charge in [-0.25, -0.2) is 9.97 Å². The lowest BCUT2D eigenvalue weighted by molar-refractivity contribution is 0.414. The zero-order valence-corrected chi connectivity index (χ0v) is 13.5. The van der Waals surface area contributed by atoms with Crippen molar-refractivity contribution in [3.8, 4) is 17.1 Å². The smallest absolute Gasteiger partial charge is 0.224 e. The third kappa shape index (κ3) is 3.78. The van der Waals surface area contributed by atoms with Crippen molar-refractivity contribution in [3.63, 3.8) is 0 Å². The molecule has 0 radical (unpaired) electrons. The Hall–Kier alpha value is -2.61. The van der Waals surface area contributed by atoms with Gasteiger partial charge in [0.25, 0.3) is 0 Å². The van der Waals surface area contributed by atoms with Crippen molar-refractivity contribution < 1.29 is 9.15 Å². The van der Waals surface area contributed by atoms with Gasteiger partial charge < -0.3 is 14.9 Å². The number of aromatic nitrogens is 4.